The lowest BCUT2D eigenvalue weighted by Crippen LogP contribution is -2.38. The van der Waals surface area contributed by atoms with E-state index in [9.17, 15) is 8.42 Å². The summed E-state index contributed by atoms with van der Waals surface area (Å²) in [7, 11) is -3.44. The SMILES string of the molecule is CC1CCN(S(=O)(=O)c2ccccc2NN)CC1. The smallest absolute Gasteiger partial charge is 0.245 e. The predicted molar refractivity (Wildman–Crippen MR) is 71.4 cm³/mol. The Morgan fingerprint density at radius 3 is 2.50 bits per heavy atom. The lowest BCUT2D eigenvalue weighted by molar-refractivity contribution is 0.288. The number of hydrogen-bond acceptors (Lipinski definition) is 4. The van der Waals surface area contributed by atoms with Gasteiger partial charge in [-0.3, -0.25) is 5.84 Å². The van der Waals surface area contributed by atoms with Crippen molar-refractivity contribution in [3.8, 4) is 0 Å². The number of anilines is 1. The van der Waals surface area contributed by atoms with Crippen LogP contribution >= 0.6 is 0 Å². The molecule has 0 bridgehead atoms. The van der Waals surface area contributed by atoms with Gasteiger partial charge in [-0.05, 0) is 30.9 Å². The molecule has 1 aliphatic rings. The molecule has 0 spiro atoms. The van der Waals surface area contributed by atoms with Gasteiger partial charge in [-0.15, -0.1) is 0 Å². The van der Waals surface area contributed by atoms with Gasteiger partial charge in [-0.25, -0.2) is 8.42 Å². The number of rotatable bonds is 3. The van der Waals surface area contributed by atoms with E-state index in [1.807, 2.05) is 0 Å². The van der Waals surface area contributed by atoms with Crippen molar-refractivity contribution >= 4 is 15.7 Å². The molecule has 1 aromatic carbocycles. The van der Waals surface area contributed by atoms with Crippen molar-refractivity contribution in [1.29, 1.82) is 0 Å². The van der Waals surface area contributed by atoms with Crippen molar-refractivity contribution in [2.75, 3.05) is 18.5 Å². The van der Waals surface area contributed by atoms with Crippen molar-refractivity contribution < 1.29 is 8.42 Å². The van der Waals surface area contributed by atoms with Crippen LogP contribution in [0.4, 0.5) is 5.69 Å². The second-order valence-corrected chi connectivity index (χ2v) is 6.63. The summed E-state index contributed by atoms with van der Waals surface area (Å²) >= 11 is 0. The number of nitrogen functional groups attached to an aromatic ring is 1. The van der Waals surface area contributed by atoms with E-state index in [4.69, 9.17) is 5.84 Å². The van der Waals surface area contributed by atoms with E-state index in [2.05, 4.69) is 12.3 Å². The van der Waals surface area contributed by atoms with Gasteiger partial charge in [-0.2, -0.15) is 4.31 Å². The maximum atomic E-state index is 12.5. The molecule has 1 fully saturated rings. The fraction of sp³-hybridized carbons (Fsp3) is 0.500. The van der Waals surface area contributed by atoms with Crippen molar-refractivity contribution in [2.24, 2.45) is 11.8 Å². The van der Waals surface area contributed by atoms with Crippen molar-refractivity contribution in [2.45, 2.75) is 24.7 Å². The summed E-state index contributed by atoms with van der Waals surface area (Å²) in [5.41, 5.74) is 2.88. The fourth-order valence-electron chi connectivity index (χ4n) is 2.18. The first-order chi connectivity index (χ1) is 8.55. The number of hydrazine groups is 1. The highest BCUT2D eigenvalue weighted by Gasteiger charge is 2.29. The molecule has 0 saturated carbocycles. The second kappa shape index (κ2) is 5.26. The highest BCUT2D eigenvalue weighted by Crippen LogP contribution is 2.27. The molecule has 0 aromatic heterocycles. The lowest BCUT2D eigenvalue weighted by atomic mass is 10.0. The summed E-state index contributed by atoms with van der Waals surface area (Å²) in [6.45, 7) is 3.32. The summed E-state index contributed by atoms with van der Waals surface area (Å²) in [5.74, 6) is 5.96. The van der Waals surface area contributed by atoms with Gasteiger partial charge in [-0.1, -0.05) is 19.1 Å². The van der Waals surface area contributed by atoms with Crippen LogP contribution in [0.5, 0.6) is 0 Å². The van der Waals surface area contributed by atoms with Crippen molar-refractivity contribution in [3.63, 3.8) is 0 Å². The minimum atomic E-state index is -3.44. The summed E-state index contributed by atoms with van der Waals surface area (Å²) in [6.07, 6.45) is 1.83. The maximum Gasteiger partial charge on any atom is 0.245 e. The van der Waals surface area contributed by atoms with E-state index < -0.39 is 10.0 Å². The highest BCUT2D eigenvalue weighted by molar-refractivity contribution is 7.89. The Labute approximate surface area is 108 Å². The largest absolute Gasteiger partial charge is 0.323 e. The highest BCUT2D eigenvalue weighted by atomic mass is 32.2. The van der Waals surface area contributed by atoms with Gasteiger partial charge in [0.2, 0.25) is 10.0 Å². The first-order valence-electron chi connectivity index (χ1n) is 6.11. The molecular weight excluding hydrogens is 250 g/mol. The number of benzene rings is 1. The maximum absolute atomic E-state index is 12.5. The number of piperidine rings is 1. The van der Waals surface area contributed by atoms with Crippen LogP contribution in [0.15, 0.2) is 29.2 Å². The van der Waals surface area contributed by atoms with Crippen LogP contribution in [-0.2, 0) is 10.0 Å². The van der Waals surface area contributed by atoms with Gasteiger partial charge in [0.15, 0.2) is 0 Å². The number of nitrogens with zero attached hydrogens (tertiary/aromatic N) is 1. The van der Waals surface area contributed by atoms with Crippen LogP contribution in [0.25, 0.3) is 0 Å². The Balaban J connectivity index is 2.30. The fourth-order valence-corrected chi connectivity index (χ4v) is 3.80. The monoisotopic (exact) mass is 269 g/mol. The molecular formula is C12H19N3O2S. The summed E-state index contributed by atoms with van der Waals surface area (Å²) < 4.78 is 26.6. The van der Waals surface area contributed by atoms with Crippen LogP contribution < -0.4 is 11.3 Å². The van der Waals surface area contributed by atoms with Gasteiger partial charge in [0, 0.05) is 13.1 Å². The van der Waals surface area contributed by atoms with E-state index in [1.165, 1.54) is 0 Å². The second-order valence-electron chi connectivity index (χ2n) is 4.73. The average molecular weight is 269 g/mol. The Morgan fingerprint density at radius 1 is 1.28 bits per heavy atom. The Morgan fingerprint density at radius 2 is 1.89 bits per heavy atom. The number of sulfonamides is 1. The van der Waals surface area contributed by atoms with E-state index in [-0.39, 0.29) is 4.90 Å². The molecule has 6 heteroatoms. The van der Waals surface area contributed by atoms with E-state index in [0.29, 0.717) is 24.7 Å². The molecule has 0 radical (unpaired) electrons. The zero-order chi connectivity index (χ0) is 13.2. The van der Waals surface area contributed by atoms with Crippen LogP contribution in [0.3, 0.4) is 0 Å². The van der Waals surface area contributed by atoms with Crippen molar-refractivity contribution in [3.05, 3.63) is 24.3 Å². The minimum absolute atomic E-state index is 0.252. The van der Waals surface area contributed by atoms with Gasteiger partial charge in [0.05, 0.1) is 5.69 Å². The average Bonchev–Trinajstić information content (AvgIpc) is 2.39. The molecule has 0 unspecified atom stereocenters. The predicted octanol–water partition coefficient (Wildman–Crippen LogP) is 1.39. The Hall–Kier alpha value is -1.11. The Bertz CT molecular complexity index is 508. The third-order valence-electron chi connectivity index (χ3n) is 3.40. The topological polar surface area (TPSA) is 75.4 Å². The number of para-hydroxylation sites is 1. The number of nitrogens with two attached hydrogens (primary N) is 1. The molecule has 5 nitrogen and oxygen atoms in total. The quantitative estimate of drug-likeness (QED) is 0.642. The van der Waals surface area contributed by atoms with Gasteiger partial charge >= 0.3 is 0 Å². The van der Waals surface area contributed by atoms with Crippen LogP contribution in [0, 0.1) is 5.92 Å². The molecule has 0 aliphatic carbocycles. The molecule has 0 amide bonds. The molecule has 1 aromatic rings. The zero-order valence-corrected chi connectivity index (χ0v) is 11.3. The molecule has 0 atom stereocenters. The van der Waals surface area contributed by atoms with E-state index in [1.54, 1.807) is 28.6 Å². The van der Waals surface area contributed by atoms with Crippen LogP contribution in [0.2, 0.25) is 0 Å². The zero-order valence-electron chi connectivity index (χ0n) is 10.5. The number of nitrogens with one attached hydrogen (secondary N) is 1. The molecule has 3 N–H and O–H groups in total. The lowest BCUT2D eigenvalue weighted by Gasteiger charge is -2.29. The molecule has 1 heterocycles. The summed E-state index contributed by atoms with van der Waals surface area (Å²) in [4.78, 5) is 0.252. The van der Waals surface area contributed by atoms with Crippen LogP contribution in [0.1, 0.15) is 19.8 Å². The Kier molecular flexibility index (Phi) is 3.89. The molecule has 100 valence electrons. The third-order valence-corrected chi connectivity index (χ3v) is 5.36. The normalized spacial score (nSPS) is 18.8. The molecule has 1 saturated heterocycles. The van der Waals surface area contributed by atoms with E-state index >= 15 is 0 Å². The van der Waals surface area contributed by atoms with Gasteiger partial charge < -0.3 is 5.43 Å². The van der Waals surface area contributed by atoms with Gasteiger partial charge in [0.1, 0.15) is 4.90 Å². The molecule has 1 aliphatic heterocycles. The first-order valence-corrected chi connectivity index (χ1v) is 7.55. The standard InChI is InChI=1S/C12H19N3O2S/c1-10-6-8-15(9-7-10)18(16,17)12-5-3-2-4-11(12)14-13/h2-5,10,14H,6-9,13H2,1H3. The van der Waals surface area contributed by atoms with Gasteiger partial charge in [0.25, 0.3) is 0 Å². The third kappa shape index (κ3) is 2.50. The minimum Gasteiger partial charge on any atom is -0.323 e. The molecule has 18 heavy (non-hydrogen) atoms. The van der Waals surface area contributed by atoms with Crippen LogP contribution in [-0.4, -0.2) is 25.8 Å². The summed E-state index contributed by atoms with van der Waals surface area (Å²) in [5, 5.41) is 0. The molecule has 2 rings (SSSR count). The van der Waals surface area contributed by atoms with E-state index in [0.717, 1.165) is 12.8 Å². The van der Waals surface area contributed by atoms with Crippen molar-refractivity contribution in [1.82, 2.24) is 4.31 Å². The number of hydrogen-bond donors (Lipinski definition) is 2. The first kappa shape index (κ1) is 13.3. The summed E-state index contributed by atoms with van der Waals surface area (Å²) in [6, 6.07) is 6.72.